The SMILES string of the molecule is COCC(=O)N1CCC(C2=CC(C(=O)N3CCCC4CCCCC43)CS2)CC1. The molecule has 28 heavy (non-hydrogen) atoms. The van der Waals surface area contributed by atoms with Gasteiger partial charge in [-0.3, -0.25) is 9.59 Å². The maximum absolute atomic E-state index is 13.3. The van der Waals surface area contributed by atoms with Gasteiger partial charge in [0.1, 0.15) is 6.61 Å². The molecule has 6 heteroatoms. The molecule has 1 saturated carbocycles. The summed E-state index contributed by atoms with van der Waals surface area (Å²) in [4.78, 5) is 30.9. The number of piperidine rings is 2. The molecule has 0 aromatic carbocycles. The number of allylic oxidation sites excluding steroid dienone is 1. The minimum atomic E-state index is 0.0637. The van der Waals surface area contributed by atoms with Crippen LogP contribution in [0.3, 0.4) is 0 Å². The van der Waals surface area contributed by atoms with Crippen LogP contribution >= 0.6 is 11.8 Å². The summed E-state index contributed by atoms with van der Waals surface area (Å²) in [5.74, 6) is 2.70. The van der Waals surface area contributed by atoms with Gasteiger partial charge in [-0.2, -0.15) is 0 Å². The standard InChI is InChI=1S/C22H34N2O3S/c1-27-14-21(25)23-11-8-17(9-12-23)20-13-18(15-28-20)22(26)24-10-4-6-16-5-2-3-7-19(16)24/h13,16-19H,2-12,14-15H2,1H3. The Morgan fingerprint density at radius 2 is 1.82 bits per heavy atom. The van der Waals surface area contributed by atoms with E-state index in [4.69, 9.17) is 4.74 Å². The van der Waals surface area contributed by atoms with E-state index in [-0.39, 0.29) is 18.4 Å². The van der Waals surface area contributed by atoms with Crippen molar-refractivity contribution in [1.82, 2.24) is 9.80 Å². The predicted octanol–water partition coefficient (Wildman–Crippen LogP) is 3.30. The summed E-state index contributed by atoms with van der Waals surface area (Å²) in [7, 11) is 1.57. The van der Waals surface area contributed by atoms with Crippen molar-refractivity contribution in [2.45, 2.75) is 57.4 Å². The molecule has 3 aliphatic heterocycles. The summed E-state index contributed by atoms with van der Waals surface area (Å²) in [6.07, 6.45) is 11.9. The van der Waals surface area contributed by atoms with E-state index in [1.807, 2.05) is 16.7 Å². The number of ether oxygens (including phenoxy) is 1. The van der Waals surface area contributed by atoms with Crippen LogP contribution in [0.2, 0.25) is 0 Å². The molecule has 5 nitrogen and oxygen atoms in total. The van der Waals surface area contributed by atoms with Crippen LogP contribution in [-0.4, -0.2) is 66.8 Å². The molecule has 0 spiro atoms. The fourth-order valence-corrected chi connectivity index (χ4v) is 6.96. The smallest absolute Gasteiger partial charge is 0.248 e. The zero-order chi connectivity index (χ0) is 19.5. The molecule has 3 unspecified atom stereocenters. The molecule has 156 valence electrons. The Balaban J connectivity index is 1.34. The Kier molecular flexibility index (Phi) is 6.66. The second kappa shape index (κ2) is 9.21. The van der Waals surface area contributed by atoms with Crippen LogP contribution in [0.1, 0.15) is 51.4 Å². The molecular weight excluding hydrogens is 372 g/mol. The van der Waals surface area contributed by atoms with Gasteiger partial charge in [0.05, 0.1) is 5.92 Å². The van der Waals surface area contributed by atoms with E-state index in [1.54, 1.807) is 7.11 Å². The molecule has 0 N–H and O–H groups in total. The third kappa shape index (κ3) is 4.28. The normalized spacial score (nSPS) is 31.5. The number of thioether (sulfide) groups is 1. The average molecular weight is 407 g/mol. The Hall–Kier alpha value is -1.01. The van der Waals surface area contributed by atoms with Crippen molar-refractivity contribution in [3.05, 3.63) is 11.0 Å². The maximum Gasteiger partial charge on any atom is 0.248 e. The molecule has 0 aromatic heterocycles. The number of nitrogens with zero attached hydrogens (tertiary/aromatic N) is 2. The summed E-state index contributed by atoms with van der Waals surface area (Å²) in [5.41, 5.74) is 0. The number of likely N-dealkylation sites (tertiary alicyclic amines) is 2. The van der Waals surface area contributed by atoms with E-state index in [0.717, 1.165) is 44.1 Å². The quantitative estimate of drug-likeness (QED) is 0.719. The lowest BCUT2D eigenvalue weighted by Gasteiger charge is -2.44. The highest BCUT2D eigenvalue weighted by molar-refractivity contribution is 8.03. The monoisotopic (exact) mass is 406 g/mol. The Morgan fingerprint density at radius 3 is 2.61 bits per heavy atom. The van der Waals surface area contributed by atoms with Crippen molar-refractivity contribution < 1.29 is 14.3 Å². The Morgan fingerprint density at radius 1 is 1.07 bits per heavy atom. The van der Waals surface area contributed by atoms with Crippen molar-refractivity contribution in [3.8, 4) is 0 Å². The first kappa shape index (κ1) is 20.3. The van der Waals surface area contributed by atoms with Crippen LogP contribution in [0.4, 0.5) is 0 Å². The van der Waals surface area contributed by atoms with Crippen LogP contribution in [0.25, 0.3) is 0 Å². The maximum atomic E-state index is 13.3. The van der Waals surface area contributed by atoms with Crippen LogP contribution in [0.5, 0.6) is 0 Å². The van der Waals surface area contributed by atoms with Crippen molar-refractivity contribution in [3.63, 3.8) is 0 Å². The van der Waals surface area contributed by atoms with Crippen LogP contribution in [0, 0.1) is 17.8 Å². The fraction of sp³-hybridized carbons (Fsp3) is 0.818. The minimum Gasteiger partial charge on any atom is -0.375 e. The number of hydrogen-bond donors (Lipinski definition) is 0. The number of methoxy groups -OCH3 is 1. The highest BCUT2D eigenvalue weighted by atomic mass is 32.2. The molecule has 4 aliphatic rings. The average Bonchev–Trinajstić information content (AvgIpc) is 3.23. The van der Waals surface area contributed by atoms with Crippen molar-refractivity contribution in [2.75, 3.05) is 39.1 Å². The summed E-state index contributed by atoms with van der Waals surface area (Å²) in [6.45, 7) is 2.75. The van der Waals surface area contributed by atoms with Gasteiger partial charge in [-0.1, -0.05) is 18.9 Å². The number of rotatable bonds is 4. The number of carbonyl (C=O) groups excluding carboxylic acids is 2. The molecule has 3 heterocycles. The Bertz CT molecular complexity index is 613. The first-order valence-corrected chi connectivity index (χ1v) is 12.1. The topological polar surface area (TPSA) is 49.9 Å². The second-order valence-electron chi connectivity index (χ2n) is 8.86. The molecule has 3 fully saturated rings. The van der Waals surface area contributed by atoms with Gasteiger partial charge in [0.2, 0.25) is 11.8 Å². The van der Waals surface area contributed by atoms with E-state index >= 15 is 0 Å². The minimum absolute atomic E-state index is 0.0637. The lowest BCUT2D eigenvalue weighted by Crippen LogP contribution is -2.51. The third-order valence-electron chi connectivity index (χ3n) is 7.16. The van der Waals surface area contributed by atoms with Gasteiger partial charge >= 0.3 is 0 Å². The largest absolute Gasteiger partial charge is 0.375 e. The van der Waals surface area contributed by atoms with Crippen molar-refractivity contribution >= 4 is 23.6 Å². The van der Waals surface area contributed by atoms with E-state index < -0.39 is 0 Å². The lowest BCUT2D eigenvalue weighted by molar-refractivity contribution is -0.139. The van der Waals surface area contributed by atoms with E-state index in [1.165, 1.54) is 43.4 Å². The highest BCUT2D eigenvalue weighted by Gasteiger charge is 2.39. The molecule has 0 bridgehead atoms. The first-order chi connectivity index (χ1) is 13.7. The highest BCUT2D eigenvalue weighted by Crippen LogP contribution is 2.41. The number of carbonyl (C=O) groups is 2. The third-order valence-corrected chi connectivity index (χ3v) is 8.48. The number of amides is 2. The molecule has 4 rings (SSSR count). The molecule has 0 aromatic rings. The van der Waals surface area contributed by atoms with E-state index in [2.05, 4.69) is 11.0 Å². The lowest BCUT2D eigenvalue weighted by atomic mass is 9.78. The van der Waals surface area contributed by atoms with Gasteiger partial charge in [-0.15, -0.1) is 11.8 Å². The molecular formula is C22H34N2O3S. The van der Waals surface area contributed by atoms with Gasteiger partial charge in [-0.25, -0.2) is 0 Å². The molecule has 0 radical (unpaired) electrons. The van der Waals surface area contributed by atoms with Crippen LogP contribution < -0.4 is 0 Å². The zero-order valence-electron chi connectivity index (χ0n) is 17.1. The second-order valence-corrected chi connectivity index (χ2v) is 9.95. The Labute approximate surface area is 173 Å². The van der Waals surface area contributed by atoms with Crippen molar-refractivity contribution in [2.24, 2.45) is 17.8 Å². The zero-order valence-corrected chi connectivity index (χ0v) is 17.9. The molecule has 2 amide bonds. The summed E-state index contributed by atoms with van der Waals surface area (Å²) < 4.78 is 4.97. The van der Waals surface area contributed by atoms with Gasteiger partial charge in [-0.05, 0) is 55.3 Å². The van der Waals surface area contributed by atoms with Crippen LogP contribution in [-0.2, 0) is 14.3 Å². The van der Waals surface area contributed by atoms with Gasteiger partial charge in [0, 0.05) is 38.5 Å². The van der Waals surface area contributed by atoms with Crippen LogP contribution in [0.15, 0.2) is 11.0 Å². The fourth-order valence-electron chi connectivity index (χ4n) is 5.62. The molecule has 3 atom stereocenters. The van der Waals surface area contributed by atoms with Gasteiger partial charge in [0.25, 0.3) is 0 Å². The number of hydrogen-bond acceptors (Lipinski definition) is 4. The summed E-state index contributed by atoms with van der Waals surface area (Å²) in [5, 5.41) is 0. The van der Waals surface area contributed by atoms with Gasteiger partial charge < -0.3 is 14.5 Å². The first-order valence-electron chi connectivity index (χ1n) is 11.1. The van der Waals surface area contributed by atoms with Gasteiger partial charge in [0.15, 0.2) is 0 Å². The predicted molar refractivity (Wildman–Crippen MR) is 112 cm³/mol. The number of fused-ring (bicyclic) bond motifs is 1. The molecule has 1 aliphatic carbocycles. The summed E-state index contributed by atoms with van der Waals surface area (Å²) in [6, 6.07) is 0.507. The van der Waals surface area contributed by atoms with Crippen molar-refractivity contribution in [1.29, 1.82) is 0 Å². The van der Waals surface area contributed by atoms with E-state index in [9.17, 15) is 9.59 Å². The summed E-state index contributed by atoms with van der Waals surface area (Å²) >= 11 is 1.88. The van der Waals surface area contributed by atoms with E-state index in [0.29, 0.717) is 17.9 Å². The molecule has 2 saturated heterocycles.